The van der Waals surface area contributed by atoms with Crippen molar-refractivity contribution in [3.8, 4) is 0 Å². The molecule has 0 amide bonds. The third kappa shape index (κ3) is 1.99. The van der Waals surface area contributed by atoms with Gasteiger partial charge in [-0.2, -0.15) is 0 Å². The highest BCUT2D eigenvalue weighted by Gasteiger charge is 2.14. The Hall–Kier alpha value is -2.94. The molecule has 0 aliphatic carbocycles. The summed E-state index contributed by atoms with van der Waals surface area (Å²) in [5.41, 5.74) is 2.21. The zero-order valence-corrected chi connectivity index (χ0v) is 11.1. The number of aromatic nitrogens is 1. The molecular formula is C18H11NO2. The molecule has 0 aliphatic rings. The third-order valence-corrected chi connectivity index (χ3v) is 3.51. The van der Waals surface area contributed by atoms with E-state index in [0.717, 1.165) is 21.9 Å². The molecule has 3 nitrogen and oxygen atoms in total. The minimum atomic E-state index is -0.114. The molecule has 0 saturated carbocycles. The fraction of sp³-hybridized carbons (Fsp3) is 0. The smallest absolute Gasteiger partial charge is 0.228 e. The highest BCUT2D eigenvalue weighted by Crippen LogP contribution is 2.22. The Kier molecular flexibility index (Phi) is 2.57. The van der Waals surface area contributed by atoms with Gasteiger partial charge in [-0.25, -0.2) is 0 Å². The van der Waals surface area contributed by atoms with Gasteiger partial charge < -0.3 is 4.42 Å². The second kappa shape index (κ2) is 4.56. The molecule has 100 valence electrons. The molecule has 2 aromatic carbocycles. The predicted molar refractivity (Wildman–Crippen MR) is 81.4 cm³/mol. The molecule has 0 radical (unpaired) electrons. The normalized spacial score (nSPS) is 11.0. The van der Waals surface area contributed by atoms with Gasteiger partial charge in [-0.05, 0) is 36.4 Å². The van der Waals surface area contributed by atoms with Crippen LogP contribution in [0.15, 0.2) is 71.3 Å². The average molecular weight is 273 g/mol. The molecular weight excluding hydrogens is 262 g/mol. The highest BCUT2D eigenvalue weighted by atomic mass is 16.3. The number of carbonyl (C=O) groups is 1. The summed E-state index contributed by atoms with van der Waals surface area (Å²) in [6.07, 6.45) is 1.74. The zero-order valence-electron chi connectivity index (χ0n) is 11.1. The summed E-state index contributed by atoms with van der Waals surface area (Å²) in [6, 6.07) is 18.7. The molecule has 0 unspecified atom stereocenters. The summed E-state index contributed by atoms with van der Waals surface area (Å²) in [4.78, 5) is 16.8. The van der Waals surface area contributed by atoms with Gasteiger partial charge in [0.2, 0.25) is 5.78 Å². The van der Waals surface area contributed by atoms with E-state index in [4.69, 9.17) is 4.42 Å². The molecule has 21 heavy (non-hydrogen) atoms. The fourth-order valence-electron chi connectivity index (χ4n) is 2.45. The number of hydrogen-bond acceptors (Lipinski definition) is 3. The first-order valence-corrected chi connectivity index (χ1v) is 6.69. The van der Waals surface area contributed by atoms with E-state index >= 15 is 0 Å². The number of rotatable bonds is 2. The van der Waals surface area contributed by atoms with Crippen LogP contribution < -0.4 is 0 Å². The maximum Gasteiger partial charge on any atom is 0.228 e. The van der Waals surface area contributed by atoms with Gasteiger partial charge in [-0.3, -0.25) is 9.78 Å². The number of ketones is 1. The van der Waals surface area contributed by atoms with Crippen molar-refractivity contribution in [1.82, 2.24) is 4.98 Å². The van der Waals surface area contributed by atoms with Crippen LogP contribution in [0.5, 0.6) is 0 Å². The number of nitrogens with zero attached hydrogens (tertiary/aromatic N) is 1. The largest absolute Gasteiger partial charge is 0.453 e. The van der Waals surface area contributed by atoms with Crippen LogP contribution in [-0.4, -0.2) is 10.8 Å². The van der Waals surface area contributed by atoms with E-state index < -0.39 is 0 Å². The molecule has 2 heterocycles. The van der Waals surface area contributed by atoms with Crippen molar-refractivity contribution in [2.75, 3.05) is 0 Å². The van der Waals surface area contributed by atoms with Crippen LogP contribution in [0.1, 0.15) is 16.1 Å². The molecule has 0 atom stereocenters. The predicted octanol–water partition coefficient (Wildman–Crippen LogP) is 4.21. The lowest BCUT2D eigenvalue weighted by Gasteiger charge is -2.00. The first kappa shape index (κ1) is 11.9. The van der Waals surface area contributed by atoms with Crippen LogP contribution in [0.4, 0.5) is 0 Å². The summed E-state index contributed by atoms with van der Waals surface area (Å²) < 4.78 is 5.63. The average Bonchev–Trinajstić information content (AvgIpc) is 2.97. The maximum absolute atomic E-state index is 12.5. The van der Waals surface area contributed by atoms with E-state index in [1.54, 1.807) is 18.3 Å². The fourth-order valence-corrected chi connectivity index (χ4v) is 2.45. The number of benzene rings is 2. The summed E-state index contributed by atoms with van der Waals surface area (Å²) >= 11 is 0. The molecule has 0 aliphatic heterocycles. The molecule has 4 rings (SSSR count). The summed E-state index contributed by atoms with van der Waals surface area (Å²) in [5.74, 6) is 0.247. The van der Waals surface area contributed by atoms with Crippen LogP contribution in [-0.2, 0) is 0 Å². The molecule has 0 saturated heterocycles. The Morgan fingerprint density at radius 2 is 1.76 bits per heavy atom. The van der Waals surface area contributed by atoms with Crippen molar-refractivity contribution in [2.45, 2.75) is 0 Å². The van der Waals surface area contributed by atoms with Crippen LogP contribution in [0.3, 0.4) is 0 Å². The Morgan fingerprint density at radius 1 is 0.905 bits per heavy atom. The lowest BCUT2D eigenvalue weighted by atomic mass is 10.1. The second-order valence-electron chi connectivity index (χ2n) is 4.89. The topological polar surface area (TPSA) is 43.1 Å². The van der Waals surface area contributed by atoms with Crippen molar-refractivity contribution in [3.63, 3.8) is 0 Å². The molecule has 0 bridgehead atoms. The molecule has 4 aromatic rings. The van der Waals surface area contributed by atoms with Gasteiger partial charge in [-0.15, -0.1) is 0 Å². The van der Waals surface area contributed by atoms with E-state index in [1.807, 2.05) is 48.5 Å². The van der Waals surface area contributed by atoms with Gasteiger partial charge in [0.1, 0.15) is 5.58 Å². The number of pyridine rings is 1. The second-order valence-corrected chi connectivity index (χ2v) is 4.89. The lowest BCUT2D eigenvalue weighted by molar-refractivity contribution is 0.101. The Bertz CT molecular complexity index is 936. The number of hydrogen-bond donors (Lipinski definition) is 0. The minimum Gasteiger partial charge on any atom is -0.453 e. The van der Waals surface area contributed by atoms with Crippen molar-refractivity contribution < 1.29 is 9.21 Å². The number of furan rings is 1. The first-order valence-electron chi connectivity index (χ1n) is 6.69. The minimum absolute atomic E-state index is 0.114. The first-order chi connectivity index (χ1) is 10.3. The number of fused-ring (bicyclic) bond motifs is 2. The molecule has 2 aromatic heterocycles. The van der Waals surface area contributed by atoms with Gasteiger partial charge in [-0.1, -0.05) is 24.3 Å². The Balaban J connectivity index is 1.81. The molecule has 3 heteroatoms. The van der Waals surface area contributed by atoms with Crippen LogP contribution in [0.2, 0.25) is 0 Å². The molecule has 0 fully saturated rings. The SMILES string of the molecule is O=C(c1ccc2ncccc2c1)c1cc2ccccc2o1. The number of para-hydroxylation sites is 1. The van der Waals surface area contributed by atoms with Crippen molar-refractivity contribution in [2.24, 2.45) is 0 Å². The van der Waals surface area contributed by atoms with Crippen LogP contribution >= 0.6 is 0 Å². The van der Waals surface area contributed by atoms with Gasteiger partial charge in [0.05, 0.1) is 5.52 Å². The standard InChI is InChI=1S/C18H11NO2/c20-18(17-11-13-4-1-2-6-16(13)21-17)14-7-8-15-12(10-14)5-3-9-19-15/h1-11H. The zero-order chi connectivity index (χ0) is 14.2. The quantitative estimate of drug-likeness (QED) is 0.514. The van der Waals surface area contributed by atoms with E-state index in [-0.39, 0.29) is 5.78 Å². The van der Waals surface area contributed by atoms with Crippen molar-refractivity contribution >= 4 is 27.7 Å². The van der Waals surface area contributed by atoms with Gasteiger partial charge >= 0.3 is 0 Å². The highest BCUT2D eigenvalue weighted by molar-refractivity contribution is 6.10. The monoisotopic (exact) mass is 273 g/mol. The summed E-state index contributed by atoms with van der Waals surface area (Å²) in [6.45, 7) is 0. The van der Waals surface area contributed by atoms with Crippen LogP contribution in [0, 0.1) is 0 Å². The molecule has 0 N–H and O–H groups in total. The van der Waals surface area contributed by atoms with Gasteiger partial charge in [0.25, 0.3) is 0 Å². The number of carbonyl (C=O) groups excluding carboxylic acids is 1. The van der Waals surface area contributed by atoms with E-state index in [1.165, 1.54) is 0 Å². The van der Waals surface area contributed by atoms with E-state index in [0.29, 0.717) is 11.3 Å². The van der Waals surface area contributed by atoms with Gasteiger partial charge in [0.15, 0.2) is 5.76 Å². The maximum atomic E-state index is 12.5. The van der Waals surface area contributed by atoms with Gasteiger partial charge in [0, 0.05) is 22.5 Å². The van der Waals surface area contributed by atoms with E-state index in [9.17, 15) is 4.79 Å². The lowest BCUT2D eigenvalue weighted by Crippen LogP contribution is -1.99. The third-order valence-electron chi connectivity index (χ3n) is 3.51. The Labute approximate surface area is 120 Å². The molecule has 0 spiro atoms. The van der Waals surface area contributed by atoms with Crippen molar-refractivity contribution in [3.05, 3.63) is 78.2 Å². The van der Waals surface area contributed by atoms with Crippen LogP contribution in [0.25, 0.3) is 21.9 Å². The van der Waals surface area contributed by atoms with E-state index in [2.05, 4.69) is 4.98 Å². The Morgan fingerprint density at radius 3 is 2.67 bits per heavy atom. The summed E-state index contributed by atoms with van der Waals surface area (Å²) in [7, 11) is 0. The summed E-state index contributed by atoms with van der Waals surface area (Å²) in [5, 5.41) is 1.88. The van der Waals surface area contributed by atoms with Crippen molar-refractivity contribution in [1.29, 1.82) is 0 Å².